The molecular weight excluding hydrogens is 378 g/mol. The molecule has 7 heteroatoms. The van der Waals surface area contributed by atoms with Crippen LogP contribution in [-0.4, -0.2) is 28.7 Å². The molecule has 0 radical (unpaired) electrons. The van der Waals surface area contributed by atoms with E-state index in [0.29, 0.717) is 17.5 Å². The number of nitrogens with one attached hydrogen (secondary N) is 1. The van der Waals surface area contributed by atoms with Gasteiger partial charge in [-0.1, -0.05) is 6.07 Å². The van der Waals surface area contributed by atoms with Crippen LogP contribution in [0.1, 0.15) is 28.8 Å². The number of nitrogens with zero attached hydrogens (tertiary/aromatic N) is 1. The summed E-state index contributed by atoms with van der Waals surface area (Å²) in [4.78, 5) is 36.8. The largest absolute Gasteiger partial charge is 0.322 e. The van der Waals surface area contributed by atoms with E-state index in [2.05, 4.69) is 5.32 Å². The molecule has 0 aromatic heterocycles. The lowest BCUT2D eigenvalue weighted by molar-refractivity contribution is -0.136. The van der Waals surface area contributed by atoms with Crippen LogP contribution in [0.3, 0.4) is 0 Å². The van der Waals surface area contributed by atoms with E-state index in [4.69, 9.17) is 0 Å². The van der Waals surface area contributed by atoms with Crippen molar-refractivity contribution < 1.29 is 18.8 Å². The quantitative estimate of drug-likeness (QED) is 0.581. The Labute approximate surface area is 127 Å². The van der Waals surface area contributed by atoms with E-state index in [9.17, 15) is 18.8 Å². The molecule has 104 valence electrons. The van der Waals surface area contributed by atoms with Gasteiger partial charge in [0.2, 0.25) is 11.8 Å². The Morgan fingerprint density at radius 2 is 2.05 bits per heavy atom. The molecule has 3 rings (SSSR count). The summed E-state index contributed by atoms with van der Waals surface area (Å²) in [6.07, 6.45) is 0.519. The maximum atomic E-state index is 13.5. The predicted molar refractivity (Wildman–Crippen MR) is 75.2 cm³/mol. The van der Waals surface area contributed by atoms with Gasteiger partial charge < -0.3 is 4.90 Å². The lowest BCUT2D eigenvalue weighted by Crippen LogP contribution is -2.52. The maximum absolute atomic E-state index is 13.5. The molecule has 1 aromatic rings. The van der Waals surface area contributed by atoms with Crippen molar-refractivity contribution >= 4 is 40.3 Å². The third kappa shape index (κ3) is 2.00. The summed E-state index contributed by atoms with van der Waals surface area (Å²) in [5.41, 5.74) is 1.04. The SMILES string of the molecule is O=C1CCC(N2Cc3ccc(F)c(I)c3C2=O)C(=O)N1. The second kappa shape index (κ2) is 4.80. The number of rotatable bonds is 1. The van der Waals surface area contributed by atoms with Crippen LogP contribution in [0.25, 0.3) is 0 Å². The summed E-state index contributed by atoms with van der Waals surface area (Å²) < 4.78 is 13.8. The smallest absolute Gasteiger partial charge is 0.256 e. The zero-order valence-corrected chi connectivity index (χ0v) is 12.4. The second-order valence-corrected chi connectivity index (χ2v) is 5.87. The maximum Gasteiger partial charge on any atom is 0.256 e. The van der Waals surface area contributed by atoms with Crippen molar-refractivity contribution in [1.82, 2.24) is 10.2 Å². The number of piperidine rings is 1. The average Bonchev–Trinajstić information content (AvgIpc) is 2.72. The van der Waals surface area contributed by atoms with E-state index < -0.39 is 17.8 Å². The monoisotopic (exact) mass is 388 g/mol. The molecule has 1 saturated heterocycles. The molecule has 0 aliphatic carbocycles. The minimum Gasteiger partial charge on any atom is -0.322 e. The number of halogens is 2. The summed E-state index contributed by atoms with van der Waals surface area (Å²) in [6.45, 7) is 0.275. The van der Waals surface area contributed by atoms with Gasteiger partial charge in [-0.2, -0.15) is 0 Å². The number of hydrogen-bond donors (Lipinski definition) is 1. The fourth-order valence-electron chi connectivity index (χ4n) is 2.58. The number of carbonyl (C=O) groups is 3. The summed E-state index contributed by atoms with van der Waals surface area (Å²) in [5.74, 6) is -1.57. The molecule has 2 aliphatic heterocycles. The van der Waals surface area contributed by atoms with Crippen molar-refractivity contribution in [3.05, 3.63) is 32.6 Å². The highest BCUT2D eigenvalue weighted by Crippen LogP contribution is 2.31. The first-order chi connectivity index (χ1) is 9.49. The minimum atomic E-state index is -0.661. The standard InChI is InChI=1S/C13H10FIN2O3/c14-7-2-1-6-5-17(13(20)10(6)11(7)15)8-3-4-9(18)16-12(8)19/h1-2,8H,3-5H2,(H,16,18,19). The number of fused-ring (bicyclic) bond motifs is 1. The molecule has 1 atom stereocenters. The van der Waals surface area contributed by atoms with Crippen LogP contribution in [0.5, 0.6) is 0 Å². The molecule has 2 aliphatic rings. The molecule has 1 fully saturated rings. The van der Waals surface area contributed by atoms with E-state index >= 15 is 0 Å². The van der Waals surface area contributed by atoms with Crippen molar-refractivity contribution in [2.75, 3.05) is 0 Å². The Morgan fingerprint density at radius 3 is 2.75 bits per heavy atom. The van der Waals surface area contributed by atoms with E-state index in [0.717, 1.165) is 0 Å². The van der Waals surface area contributed by atoms with Gasteiger partial charge in [0.05, 0.1) is 9.13 Å². The van der Waals surface area contributed by atoms with Crippen LogP contribution < -0.4 is 5.32 Å². The molecule has 5 nitrogen and oxygen atoms in total. The minimum absolute atomic E-state index is 0.210. The van der Waals surface area contributed by atoms with Crippen LogP contribution in [-0.2, 0) is 16.1 Å². The van der Waals surface area contributed by atoms with Gasteiger partial charge in [0.15, 0.2) is 0 Å². The highest BCUT2D eigenvalue weighted by atomic mass is 127. The average molecular weight is 388 g/mol. The fourth-order valence-corrected chi connectivity index (χ4v) is 3.34. The van der Waals surface area contributed by atoms with Crippen molar-refractivity contribution in [2.24, 2.45) is 0 Å². The third-order valence-corrected chi connectivity index (χ3v) is 4.64. The Morgan fingerprint density at radius 1 is 1.30 bits per heavy atom. The van der Waals surface area contributed by atoms with Gasteiger partial charge in [-0.05, 0) is 40.6 Å². The van der Waals surface area contributed by atoms with E-state index in [1.54, 1.807) is 28.7 Å². The molecule has 1 aromatic carbocycles. The van der Waals surface area contributed by atoms with E-state index in [-0.39, 0.29) is 28.4 Å². The van der Waals surface area contributed by atoms with Crippen molar-refractivity contribution in [3.8, 4) is 0 Å². The van der Waals surface area contributed by atoms with Crippen LogP contribution in [0.4, 0.5) is 4.39 Å². The molecule has 1 unspecified atom stereocenters. The molecule has 3 amide bonds. The Kier molecular flexibility index (Phi) is 3.23. The summed E-state index contributed by atoms with van der Waals surface area (Å²) in [6, 6.07) is 2.23. The second-order valence-electron chi connectivity index (χ2n) is 4.80. The number of imide groups is 1. The van der Waals surface area contributed by atoms with Crippen molar-refractivity contribution in [2.45, 2.75) is 25.4 Å². The predicted octanol–water partition coefficient (Wildman–Crippen LogP) is 1.19. The molecule has 0 bridgehead atoms. The summed E-state index contributed by atoms with van der Waals surface area (Å²) in [5, 5.41) is 2.23. The van der Waals surface area contributed by atoms with Gasteiger partial charge in [-0.3, -0.25) is 19.7 Å². The lowest BCUT2D eigenvalue weighted by atomic mass is 10.0. The number of benzene rings is 1. The first kappa shape index (κ1) is 13.5. The normalized spacial score (nSPS) is 22.0. The zero-order valence-electron chi connectivity index (χ0n) is 10.3. The van der Waals surface area contributed by atoms with Crippen LogP contribution >= 0.6 is 22.6 Å². The molecule has 1 N–H and O–H groups in total. The van der Waals surface area contributed by atoms with Gasteiger partial charge >= 0.3 is 0 Å². The van der Waals surface area contributed by atoms with E-state index in [1.165, 1.54) is 11.0 Å². The van der Waals surface area contributed by atoms with E-state index in [1.807, 2.05) is 0 Å². The van der Waals surface area contributed by atoms with Gasteiger partial charge in [0, 0.05) is 13.0 Å². The van der Waals surface area contributed by atoms with Gasteiger partial charge in [0.25, 0.3) is 5.91 Å². The molecule has 0 saturated carbocycles. The molecular formula is C13H10FIN2O3. The summed E-state index contributed by atoms with van der Waals surface area (Å²) >= 11 is 1.80. The third-order valence-electron chi connectivity index (χ3n) is 3.58. The van der Waals surface area contributed by atoms with Gasteiger partial charge in [0.1, 0.15) is 11.9 Å². The molecule has 2 heterocycles. The number of hydrogen-bond acceptors (Lipinski definition) is 3. The number of carbonyl (C=O) groups excluding carboxylic acids is 3. The lowest BCUT2D eigenvalue weighted by Gasteiger charge is -2.29. The Hall–Kier alpha value is -1.51. The first-order valence-corrected chi connectivity index (χ1v) is 7.18. The Bertz CT molecular complexity index is 647. The van der Waals surface area contributed by atoms with Crippen LogP contribution in [0.15, 0.2) is 12.1 Å². The fraction of sp³-hybridized carbons (Fsp3) is 0.308. The highest BCUT2D eigenvalue weighted by molar-refractivity contribution is 14.1. The molecule has 20 heavy (non-hydrogen) atoms. The van der Waals surface area contributed by atoms with Crippen LogP contribution in [0, 0.1) is 9.39 Å². The van der Waals surface area contributed by atoms with Gasteiger partial charge in [-0.25, -0.2) is 4.39 Å². The van der Waals surface area contributed by atoms with Crippen molar-refractivity contribution in [1.29, 1.82) is 0 Å². The molecule has 0 spiro atoms. The highest BCUT2D eigenvalue weighted by Gasteiger charge is 2.40. The summed E-state index contributed by atoms with van der Waals surface area (Å²) in [7, 11) is 0. The zero-order chi connectivity index (χ0) is 14.4. The van der Waals surface area contributed by atoms with Crippen LogP contribution in [0.2, 0.25) is 0 Å². The van der Waals surface area contributed by atoms with Gasteiger partial charge in [-0.15, -0.1) is 0 Å². The Balaban J connectivity index is 1.93. The van der Waals surface area contributed by atoms with Crippen molar-refractivity contribution in [3.63, 3.8) is 0 Å². The first-order valence-electron chi connectivity index (χ1n) is 6.10. The topological polar surface area (TPSA) is 66.5 Å². The number of amides is 3.